The second-order valence-corrected chi connectivity index (χ2v) is 6.57. The maximum atomic E-state index is 12.8. The van der Waals surface area contributed by atoms with Gasteiger partial charge in [-0.3, -0.25) is 4.79 Å². The number of hydrogen-bond donors (Lipinski definition) is 0. The number of ether oxygens (including phenoxy) is 1. The molecule has 2 saturated heterocycles. The average Bonchev–Trinajstić information content (AvgIpc) is 3.24. The number of benzene rings is 1. The minimum atomic E-state index is 0.223. The number of likely N-dealkylation sites (tertiary alicyclic amines) is 1. The molecule has 0 bridgehead atoms. The van der Waals surface area contributed by atoms with Gasteiger partial charge >= 0.3 is 0 Å². The normalized spacial score (nSPS) is 22.1. The third-order valence-electron chi connectivity index (χ3n) is 5.23. The first-order chi connectivity index (χ1) is 12.3. The zero-order chi connectivity index (χ0) is 17.2. The van der Waals surface area contributed by atoms with Crippen LogP contribution in [0, 0.1) is 0 Å². The van der Waals surface area contributed by atoms with Crippen molar-refractivity contribution in [2.24, 2.45) is 0 Å². The van der Waals surface area contributed by atoms with E-state index in [0.717, 1.165) is 37.3 Å². The Hall–Kier alpha value is -2.63. The standard InChI is InChI=1S/C19H22N4O2/c1-25-18-12-17(20-13-21-18)22-9-7-16-15(22)8-10-23(16)19(24)11-14-5-3-2-4-6-14/h2-6,12-13,15-16H,7-11H2,1H3/t15-,16+/m0/s1. The fourth-order valence-electron chi connectivity index (χ4n) is 4.05. The molecule has 4 rings (SSSR count). The molecule has 0 saturated carbocycles. The molecule has 130 valence electrons. The lowest BCUT2D eigenvalue weighted by molar-refractivity contribution is -0.131. The predicted molar refractivity (Wildman–Crippen MR) is 94.6 cm³/mol. The quantitative estimate of drug-likeness (QED) is 0.852. The van der Waals surface area contributed by atoms with Crippen LogP contribution in [-0.2, 0) is 11.2 Å². The van der Waals surface area contributed by atoms with Gasteiger partial charge in [-0.25, -0.2) is 9.97 Å². The van der Waals surface area contributed by atoms with Crippen molar-refractivity contribution in [3.63, 3.8) is 0 Å². The zero-order valence-electron chi connectivity index (χ0n) is 14.3. The van der Waals surface area contributed by atoms with Crippen LogP contribution in [0.2, 0.25) is 0 Å². The third kappa shape index (κ3) is 3.04. The second kappa shape index (κ2) is 6.70. The fraction of sp³-hybridized carbons (Fsp3) is 0.421. The summed E-state index contributed by atoms with van der Waals surface area (Å²) in [6.45, 7) is 1.73. The number of methoxy groups -OCH3 is 1. The molecule has 25 heavy (non-hydrogen) atoms. The largest absolute Gasteiger partial charge is 0.481 e. The Morgan fingerprint density at radius 2 is 1.96 bits per heavy atom. The number of fused-ring (bicyclic) bond motifs is 1. The monoisotopic (exact) mass is 338 g/mol. The molecule has 1 aromatic carbocycles. The first kappa shape index (κ1) is 15.9. The maximum absolute atomic E-state index is 12.8. The molecular formula is C19H22N4O2. The van der Waals surface area contributed by atoms with Gasteiger partial charge in [0.2, 0.25) is 11.8 Å². The lowest BCUT2D eigenvalue weighted by Crippen LogP contribution is -2.40. The lowest BCUT2D eigenvalue weighted by atomic mass is 10.1. The van der Waals surface area contributed by atoms with Crippen molar-refractivity contribution in [1.82, 2.24) is 14.9 Å². The molecule has 6 heteroatoms. The molecule has 0 spiro atoms. The van der Waals surface area contributed by atoms with Crippen molar-refractivity contribution in [2.75, 3.05) is 25.1 Å². The number of rotatable bonds is 4. The van der Waals surface area contributed by atoms with Gasteiger partial charge in [0, 0.05) is 19.2 Å². The van der Waals surface area contributed by atoms with Gasteiger partial charge in [0.05, 0.1) is 25.6 Å². The molecule has 2 aromatic rings. The van der Waals surface area contributed by atoms with Crippen LogP contribution in [-0.4, -0.2) is 53.1 Å². The van der Waals surface area contributed by atoms with E-state index in [1.165, 1.54) is 6.33 Å². The molecular weight excluding hydrogens is 316 g/mol. The fourth-order valence-corrected chi connectivity index (χ4v) is 4.05. The first-order valence-electron chi connectivity index (χ1n) is 8.72. The minimum absolute atomic E-state index is 0.223. The molecule has 0 unspecified atom stereocenters. The molecule has 3 heterocycles. The summed E-state index contributed by atoms with van der Waals surface area (Å²) in [4.78, 5) is 25.6. The van der Waals surface area contributed by atoms with Gasteiger partial charge < -0.3 is 14.5 Å². The number of hydrogen-bond acceptors (Lipinski definition) is 5. The van der Waals surface area contributed by atoms with E-state index >= 15 is 0 Å². The molecule has 1 aromatic heterocycles. The number of nitrogens with zero attached hydrogens (tertiary/aromatic N) is 4. The summed E-state index contributed by atoms with van der Waals surface area (Å²) in [7, 11) is 1.61. The highest BCUT2D eigenvalue weighted by Crippen LogP contribution is 2.35. The highest BCUT2D eigenvalue weighted by molar-refractivity contribution is 5.79. The van der Waals surface area contributed by atoms with Crippen LogP contribution < -0.4 is 9.64 Å². The number of carbonyl (C=O) groups is 1. The molecule has 6 nitrogen and oxygen atoms in total. The molecule has 0 N–H and O–H groups in total. The summed E-state index contributed by atoms with van der Waals surface area (Å²) < 4.78 is 5.21. The Kier molecular flexibility index (Phi) is 4.26. The zero-order valence-corrected chi connectivity index (χ0v) is 14.3. The van der Waals surface area contributed by atoms with Crippen LogP contribution >= 0.6 is 0 Å². The molecule has 0 radical (unpaired) electrons. The van der Waals surface area contributed by atoms with Gasteiger partial charge in [-0.15, -0.1) is 0 Å². The minimum Gasteiger partial charge on any atom is -0.481 e. The second-order valence-electron chi connectivity index (χ2n) is 6.57. The summed E-state index contributed by atoms with van der Waals surface area (Å²) in [5.74, 6) is 1.68. The average molecular weight is 338 g/mol. The highest BCUT2D eigenvalue weighted by atomic mass is 16.5. The first-order valence-corrected chi connectivity index (χ1v) is 8.72. The third-order valence-corrected chi connectivity index (χ3v) is 5.23. The van der Waals surface area contributed by atoms with Crippen LogP contribution in [0.3, 0.4) is 0 Å². The Bertz CT molecular complexity index is 752. The van der Waals surface area contributed by atoms with Crippen molar-refractivity contribution in [3.8, 4) is 5.88 Å². The van der Waals surface area contributed by atoms with Gasteiger partial charge in [0.1, 0.15) is 12.1 Å². The molecule has 0 aliphatic carbocycles. The van der Waals surface area contributed by atoms with Gasteiger partial charge in [0.25, 0.3) is 0 Å². The predicted octanol–water partition coefficient (Wildman–Crippen LogP) is 1.91. The van der Waals surface area contributed by atoms with Crippen molar-refractivity contribution in [3.05, 3.63) is 48.3 Å². The van der Waals surface area contributed by atoms with Crippen molar-refractivity contribution >= 4 is 11.7 Å². The van der Waals surface area contributed by atoms with E-state index in [9.17, 15) is 4.79 Å². The van der Waals surface area contributed by atoms with Gasteiger partial charge in [-0.1, -0.05) is 30.3 Å². The number of amides is 1. The maximum Gasteiger partial charge on any atom is 0.227 e. The molecule has 2 aliphatic heterocycles. The molecule has 2 atom stereocenters. The van der Waals surface area contributed by atoms with Crippen LogP contribution in [0.4, 0.5) is 5.82 Å². The van der Waals surface area contributed by atoms with Crippen molar-refractivity contribution in [2.45, 2.75) is 31.3 Å². The molecule has 2 fully saturated rings. The smallest absolute Gasteiger partial charge is 0.227 e. The van der Waals surface area contributed by atoms with Gasteiger partial charge in [-0.2, -0.15) is 0 Å². The Labute approximate surface area is 147 Å². The lowest BCUT2D eigenvalue weighted by Gasteiger charge is -2.26. The highest BCUT2D eigenvalue weighted by Gasteiger charge is 2.44. The Morgan fingerprint density at radius 3 is 2.76 bits per heavy atom. The van der Waals surface area contributed by atoms with E-state index in [0.29, 0.717) is 18.3 Å². The van der Waals surface area contributed by atoms with Gasteiger partial charge in [-0.05, 0) is 18.4 Å². The topological polar surface area (TPSA) is 58.6 Å². The van der Waals surface area contributed by atoms with Crippen LogP contribution in [0.15, 0.2) is 42.7 Å². The SMILES string of the molecule is COc1cc(N2CC[C@@H]3[C@@H]2CCN3C(=O)Cc2ccccc2)ncn1. The summed E-state index contributed by atoms with van der Waals surface area (Å²) in [5, 5.41) is 0. The van der Waals surface area contributed by atoms with E-state index in [2.05, 4.69) is 19.8 Å². The van der Waals surface area contributed by atoms with E-state index in [1.807, 2.05) is 36.4 Å². The van der Waals surface area contributed by atoms with Crippen molar-refractivity contribution in [1.29, 1.82) is 0 Å². The Morgan fingerprint density at radius 1 is 1.16 bits per heavy atom. The van der Waals surface area contributed by atoms with Crippen LogP contribution in [0.5, 0.6) is 5.88 Å². The number of carbonyl (C=O) groups excluding carboxylic acids is 1. The number of anilines is 1. The van der Waals surface area contributed by atoms with E-state index < -0.39 is 0 Å². The summed E-state index contributed by atoms with van der Waals surface area (Å²) in [5.41, 5.74) is 1.08. The summed E-state index contributed by atoms with van der Waals surface area (Å²) in [6, 6.07) is 12.4. The van der Waals surface area contributed by atoms with Crippen LogP contribution in [0.1, 0.15) is 18.4 Å². The Balaban J connectivity index is 1.47. The van der Waals surface area contributed by atoms with E-state index in [-0.39, 0.29) is 11.9 Å². The summed E-state index contributed by atoms with van der Waals surface area (Å²) >= 11 is 0. The van der Waals surface area contributed by atoms with E-state index in [1.54, 1.807) is 7.11 Å². The number of aromatic nitrogens is 2. The summed E-state index contributed by atoms with van der Waals surface area (Å²) in [6.07, 6.45) is 3.98. The molecule has 1 amide bonds. The van der Waals surface area contributed by atoms with Gasteiger partial charge in [0.15, 0.2) is 0 Å². The van der Waals surface area contributed by atoms with Crippen LogP contribution in [0.25, 0.3) is 0 Å². The molecule has 2 aliphatic rings. The van der Waals surface area contributed by atoms with E-state index in [4.69, 9.17) is 4.74 Å². The van der Waals surface area contributed by atoms with Crippen molar-refractivity contribution < 1.29 is 9.53 Å².